The summed E-state index contributed by atoms with van der Waals surface area (Å²) in [7, 11) is 1.80. The monoisotopic (exact) mass is 298 g/mol. The van der Waals surface area contributed by atoms with Crippen molar-refractivity contribution in [2.24, 2.45) is 5.92 Å². The highest BCUT2D eigenvalue weighted by Crippen LogP contribution is 2.24. The third-order valence-corrected chi connectivity index (χ3v) is 3.63. The Kier molecular flexibility index (Phi) is 5.25. The van der Waals surface area contributed by atoms with Gasteiger partial charge in [0.1, 0.15) is 6.10 Å². The van der Waals surface area contributed by atoms with Gasteiger partial charge in [0.25, 0.3) is 0 Å². The maximum atomic E-state index is 13.3. The molecule has 1 aliphatic heterocycles. The van der Waals surface area contributed by atoms with Crippen LogP contribution in [-0.2, 0) is 9.53 Å². The maximum absolute atomic E-state index is 13.3. The highest BCUT2D eigenvalue weighted by Gasteiger charge is 2.28. The minimum Gasteiger partial charge on any atom is -0.370 e. The largest absolute Gasteiger partial charge is 0.370 e. The number of rotatable bonds is 4. The number of ether oxygens (including phenoxy) is 1. The van der Waals surface area contributed by atoms with Crippen molar-refractivity contribution in [3.63, 3.8) is 0 Å². The van der Waals surface area contributed by atoms with Crippen LogP contribution in [0.2, 0.25) is 0 Å². The number of carbonyl (C=O) groups excluding carboxylic acids is 1. The Bertz CT molecular complexity index is 510. The van der Waals surface area contributed by atoms with Crippen molar-refractivity contribution in [2.75, 3.05) is 33.3 Å². The molecule has 0 aliphatic carbocycles. The summed E-state index contributed by atoms with van der Waals surface area (Å²) in [5.74, 6) is -1.87. The lowest BCUT2D eigenvalue weighted by atomic mass is 10.1. The van der Waals surface area contributed by atoms with Gasteiger partial charge in [0.2, 0.25) is 5.91 Å². The average molecular weight is 298 g/mol. The zero-order valence-electron chi connectivity index (χ0n) is 12.2. The molecule has 116 valence electrons. The van der Waals surface area contributed by atoms with E-state index >= 15 is 0 Å². The van der Waals surface area contributed by atoms with Gasteiger partial charge in [-0.1, -0.05) is 13.0 Å². The maximum Gasteiger partial charge on any atom is 0.226 e. The first-order chi connectivity index (χ1) is 10.0. The summed E-state index contributed by atoms with van der Waals surface area (Å²) in [6.45, 7) is 3.74. The summed E-state index contributed by atoms with van der Waals surface area (Å²) >= 11 is 0. The van der Waals surface area contributed by atoms with Crippen molar-refractivity contribution in [3.05, 3.63) is 35.4 Å². The van der Waals surface area contributed by atoms with Crippen molar-refractivity contribution >= 4 is 5.91 Å². The number of hydrogen-bond donors (Lipinski definition) is 1. The molecule has 6 heteroatoms. The topological polar surface area (TPSA) is 41.6 Å². The van der Waals surface area contributed by atoms with Crippen LogP contribution in [0, 0.1) is 17.6 Å². The standard InChI is InChI=1S/C15H20F2N2O2/c1-10(8-18-2)15(20)19-5-6-21-14(9-19)11-3-4-12(16)13(17)7-11/h3-4,7,10,14,18H,5-6,8-9H2,1-2H3. The molecule has 1 aromatic carbocycles. The van der Waals surface area contributed by atoms with E-state index in [1.165, 1.54) is 6.07 Å². The number of nitrogens with one attached hydrogen (secondary N) is 1. The highest BCUT2D eigenvalue weighted by molar-refractivity contribution is 5.78. The number of benzene rings is 1. The van der Waals surface area contributed by atoms with Gasteiger partial charge in [0.05, 0.1) is 13.2 Å². The van der Waals surface area contributed by atoms with Crippen LogP contribution in [0.1, 0.15) is 18.6 Å². The molecule has 0 bridgehead atoms. The van der Waals surface area contributed by atoms with Crippen molar-refractivity contribution in [1.82, 2.24) is 10.2 Å². The van der Waals surface area contributed by atoms with Gasteiger partial charge in [-0.25, -0.2) is 8.78 Å². The Labute approximate surface area is 123 Å². The number of nitrogens with zero attached hydrogens (tertiary/aromatic N) is 1. The van der Waals surface area contributed by atoms with Crippen LogP contribution in [0.5, 0.6) is 0 Å². The molecular weight excluding hydrogens is 278 g/mol. The summed E-state index contributed by atoms with van der Waals surface area (Å²) in [6, 6.07) is 3.71. The minimum atomic E-state index is -0.900. The molecule has 4 nitrogen and oxygen atoms in total. The minimum absolute atomic E-state index is 0.0419. The lowest BCUT2D eigenvalue weighted by Gasteiger charge is -2.34. The summed E-state index contributed by atoms with van der Waals surface area (Å²) < 4.78 is 31.9. The van der Waals surface area contributed by atoms with Crippen LogP contribution in [0.25, 0.3) is 0 Å². The first-order valence-corrected chi connectivity index (χ1v) is 7.03. The number of halogens is 2. The van der Waals surface area contributed by atoms with Gasteiger partial charge in [-0.3, -0.25) is 4.79 Å². The van der Waals surface area contributed by atoms with E-state index in [0.717, 1.165) is 12.1 Å². The van der Waals surface area contributed by atoms with Crippen molar-refractivity contribution in [1.29, 1.82) is 0 Å². The Morgan fingerprint density at radius 1 is 1.48 bits per heavy atom. The van der Waals surface area contributed by atoms with Crippen molar-refractivity contribution in [3.8, 4) is 0 Å². The third kappa shape index (κ3) is 3.77. The van der Waals surface area contributed by atoms with E-state index in [2.05, 4.69) is 5.32 Å². The predicted molar refractivity (Wildman–Crippen MR) is 74.7 cm³/mol. The van der Waals surface area contributed by atoms with Crippen molar-refractivity contribution in [2.45, 2.75) is 13.0 Å². The molecule has 1 fully saturated rings. The quantitative estimate of drug-likeness (QED) is 0.920. The zero-order valence-corrected chi connectivity index (χ0v) is 12.2. The molecule has 0 saturated carbocycles. The van der Waals surface area contributed by atoms with E-state index in [1.54, 1.807) is 11.9 Å². The number of hydrogen-bond acceptors (Lipinski definition) is 3. The smallest absolute Gasteiger partial charge is 0.226 e. The van der Waals surface area contributed by atoms with Crippen LogP contribution in [-0.4, -0.2) is 44.1 Å². The van der Waals surface area contributed by atoms with Gasteiger partial charge in [-0.15, -0.1) is 0 Å². The molecule has 1 saturated heterocycles. The molecular formula is C15H20F2N2O2. The highest BCUT2D eigenvalue weighted by atomic mass is 19.2. The Morgan fingerprint density at radius 2 is 2.24 bits per heavy atom. The van der Waals surface area contributed by atoms with E-state index in [1.807, 2.05) is 6.92 Å². The fourth-order valence-corrected chi connectivity index (χ4v) is 2.47. The lowest BCUT2D eigenvalue weighted by molar-refractivity contribution is -0.142. The second kappa shape index (κ2) is 6.95. The second-order valence-electron chi connectivity index (χ2n) is 5.28. The van der Waals surface area contributed by atoms with E-state index < -0.39 is 17.7 Å². The Balaban J connectivity index is 2.06. The predicted octanol–water partition coefficient (Wildman–Crippen LogP) is 1.72. The van der Waals surface area contributed by atoms with E-state index in [9.17, 15) is 13.6 Å². The first kappa shape index (κ1) is 15.9. The Morgan fingerprint density at radius 3 is 2.90 bits per heavy atom. The van der Waals surface area contributed by atoms with E-state index in [0.29, 0.717) is 31.8 Å². The van der Waals surface area contributed by atoms with Crippen LogP contribution >= 0.6 is 0 Å². The molecule has 1 amide bonds. The van der Waals surface area contributed by atoms with Crippen LogP contribution in [0.15, 0.2) is 18.2 Å². The van der Waals surface area contributed by atoms with Crippen molar-refractivity contribution < 1.29 is 18.3 Å². The average Bonchev–Trinajstić information content (AvgIpc) is 2.49. The normalized spacial score (nSPS) is 20.4. The third-order valence-electron chi connectivity index (χ3n) is 3.63. The number of carbonyl (C=O) groups is 1. The number of amides is 1. The summed E-state index contributed by atoms with van der Waals surface area (Å²) in [5, 5.41) is 2.97. The van der Waals surface area contributed by atoms with Crippen LogP contribution in [0.3, 0.4) is 0 Å². The molecule has 0 aromatic heterocycles. The fraction of sp³-hybridized carbons (Fsp3) is 0.533. The molecule has 1 aromatic rings. The van der Waals surface area contributed by atoms with Gasteiger partial charge < -0.3 is 15.0 Å². The van der Waals surface area contributed by atoms with Gasteiger partial charge in [0, 0.05) is 19.0 Å². The number of morpholine rings is 1. The molecule has 2 atom stereocenters. The summed E-state index contributed by atoms with van der Waals surface area (Å²) in [6.07, 6.45) is -0.417. The zero-order chi connectivity index (χ0) is 15.4. The molecule has 0 spiro atoms. The summed E-state index contributed by atoms with van der Waals surface area (Å²) in [4.78, 5) is 14.0. The van der Waals surface area contributed by atoms with Gasteiger partial charge >= 0.3 is 0 Å². The van der Waals surface area contributed by atoms with Crippen LogP contribution in [0.4, 0.5) is 8.78 Å². The van der Waals surface area contributed by atoms with Gasteiger partial charge in [-0.2, -0.15) is 0 Å². The van der Waals surface area contributed by atoms with E-state index in [4.69, 9.17) is 4.74 Å². The molecule has 2 unspecified atom stereocenters. The molecule has 21 heavy (non-hydrogen) atoms. The Hall–Kier alpha value is -1.53. The van der Waals surface area contributed by atoms with Crippen LogP contribution < -0.4 is 5.32 Å². The lowest BCUT2D eigenvalue weighted by Crippen LogP contribution is -2.46. The van der Waals surface area contributed by atoms with Gasteiger partial charge in [-0.05, 0) is 24.7 Å². The molecule has 1 heterocycles. The fourth-order valence-electron chi connectivity index (χ4n) is 2.47. The SMILES string of the molecule is CNCC(C)C(=O)N1CCOC(c2ccc(F)c(F)c2)C1. The molecule has 1 aliphatic rings. The second-order valence-corrected chi connectivity index (χ2v) is 5.28. The molecule has 0 radical (unpaired) electrons. The van der Waals surface area contributed by atoms with E-state index in [-0.39, 0.29) is 11.8 Å². The summed E-state index contributed by atoms with van der Waals surface area (Å²) in [5.41, 5.74) is 0.549. The first-order valence-electron chi connectivity index (χ1n) is 7.03. The molecule has 2 rings (SSSR count). The molecule has 1 N–H and O–H groups in total. The van der Waals surface area contributed by atoms with Gasteiger partial charge in [0.15, 0.2) is 11.6 Å².